The van der Waals surface area contributed by atoms with Gasteiger partial charge in [-0.05, 0) is 19.1 Å². The van der Waals surface area contributed by atoms with Gasteiger partial charge in [0.25, 0.3) is 0 Å². The summed E-state index contributed by atoms with van der Waals surface area (Å²) in [6.45, 7) is 1.49. The fourth-order valence-electron chi connectivity index (χ4n) is 1.16. The molecule has 0 heterocycles. The Balaban J connectivity index is 2.50. The van der Waals surface area contributed by atoms with E-state index in [9.17, 15) is 9.59 Å². The minimum absolute atomic E-state index is 0.000934. The summed E-state index contributed by atoms with van der Waals surface area (Å²) in [6, 6.07) is 9.06. The number of ketones is 2. The van der Waals surface area contributed by atoms with E-state index in [2.05, 4.69) is 0 Å². The van der Waals surface area contributed by atoms with Crippen LogP contribution in [0.2, 0.25) is 0 Å². The number of benzene rings is 1. The summed E-state index contributed by atoms with van der Waals surface area (Å²) < 4.78 is 0. The molecule has 0 aliphatic heterocycles. The van der Waals surface area contributed by atoms with E-state index in [4.69, 9.17) is 0 Å². The number of allylic oxidation sites excluding steroid dienone is 6. The number of carbonyl (C=O) groups excluding carboxylic acids is 2. The van der Waals surface area contributed by atoms with Crippen molar-refractivity contribution < 1.29 is 9.59 Å². The Kier molecular flexibility index (Phi) is 5.38. The lowest BCUT2D eigenvalue weighted by Crippen LogP contribution is -1.92. The molecule has 1 aromatic carbocycles. The smallest absolute Gasteiger partial charge is 0.185 e. The first-order valence-electron chi connectivity index (χ1n) is 5.31. The minimum Gasteiger partial charge on any atom is -0.295 e. The minimum atomic E-state index is -0.0363. The summed E-state index contributed by atoms with van der Waals surface area (Å²) in [5.74, 6) is -0.0372. The zero-order valence-corrected chi connectivity index (χ0v) is 9.67. The van der Waals surface area contributed by atoms with Crippen LogP contribution in [0.5, 0.6) is 0 Å². The van der Waals surface area contributed by atoms with Gasteiger partial charge >= 0.3 is 0 Å². The second-order valence-electron chi connectivity index (χ2n) is 3.44. The molecule has 0 unspecified atom stereocenters. The molecule has 0 atom stereocenters. The summed E-state index contributed by atoms with van der Waals surface area (Å²) in [7, 11) is 0. The van der Waals surface area contributed by atoms with Crippen LogP contribution in [0.1, 0.15) is 17.3 Å². The van der Waals surface area contributed by atoms with Gasteiger partial charge in [0.2, 0.25) is 0 Å². The van der Waals surface area contributed by atoms with E-state index in [-0.39, 0.29) is 11.6 Å². The van der Waals surface area contributed by atoms with Crippen molar-refractivity contribution in [2.24, 2.45) is 0 Å². The van der Waals surface area contributed by atoms with E-state index in [1.54, 1.807) is 36.4 Å². The fraction of sp³-hybridized carbons (Fsp3) is 0.0667. The number of hydrogen-bond acceptors (Lipinski definition) is 2. The molecule has 2 nitrogen and oxygen atoms in total. The van der Waals surface area contributed by atoms with E-state index >= 15 is 0 Å². The SMILES string of the molecule is CC(=O)/C=C/C=C/C=C/C(=O)c1ccccc1. The molecule has 0 radical (unpaired) electrons. The maximum atomic E-state index is 11.6. The van der Waals surface area contributed by atoms with Crippen molar-refractivity contribution in [1.29, 1.82) is 0 Å². The average Bonchev–Trinajstić information content (AvgIpc) is 2.34. The van der Waals surface area contributed by atoms with Gasteiger partial charge in [0.1, 0.15) is 0 Å². The zero-order valence-electron chi connectivity index (χ0n) is 9.67. The van der Waals surface area contributed by atoms with E-state index in [0.717, 1.165) is 0 Å². The maximum Gasteiger partial charge on any atom is 0.185 e. The fourth-order valence-corrected chi connectivity index (χ4v) is 1.16. The van der Waals surface area contributed by atoms with E-state index in [1.807, 2.05) is 18.2 Å². The highest BCUT2D eigenvalue weighted by Crippen LogP contribution is 2.00. The van der Waals surface area contributed by atoms with Gasteiger partial charge in [-0.25, -0.2) is 0 Å². The summed E-state index contributed by atoms with van der Waals surface area (Å²) in [6.07, 6.45) is 9.66. The van der Waals surface area contributed by atoms with Crippen molar-refractivity contribution in [2.75, 3.05) is 0 Å². The van der Waals surface area contributed by atoms with Gasteiger partial charge < -0.3 is 0 Å². The van der Waals surface area contributed by atoms with Crippen molar-refractivity contribution in [3.63, 3.8) is 0 Å². The molecule has 0 amide bonds. The van der Waals surface area contributed by atoms with Crippen LogP contribution in [0.15, 0.2) is 66.8 Å². The summed E-state index contributed by atoms with van der Waals surface area (Å²) in [4.78, 5) is 22.2. The van der Waals surface area contributed by atoms with Crippen molar-refractivity contribution in [3.05, 3.63) is 72.4 Å². The van der Waals surface area contributed by atoms with Gasteiger partial charge in [-0.3, -0.25) is 9.59 Å². The molecule has 0 N–H and O–H groups in total. The van der Waals surface area contributed by atoms with Crippen LogP contribution in [0.3, 0.4) is 0 Å². The van der Waals surface area contributed by atoms with Gasteiger partial charge in [-0.2, -0.15) is 0 Å². The summed E-state index contributed by atoms with van der Waals surface area (Å²) >= 11 is 0. The van der Waals surface area contributed by atoms with Crippen LogP contribution in [0, 0.1) is 0 Å². The monoisotopic (exact) mass is 226 g/mol. The molecule has 0 fully saturated rings. The van der Waals surface area contributed by atoms with Gasteiger partial charge in [-0.15, -0.1) is 0 Å². The molecular weight excluding hydrogens is 212 g/mol. The first-order chi connectivity index (χ1) is 8.20. The van der Waals surface area contributed by atoms with Gasteiger partial charge in [0, 0.05) is 5.56 Å². The highest BCUT2D eigenvalue weighted by Gasteiger charge is 1.97. The molecule has 0 spiro atoms. The average molecular weight is 226 g/mol. The summed E-state index contributed by atoms with van der Waals surface area (Å²) in [5.41, 5.74) is 0.663. The molecule has 0 aromatic heterocycles. The third-order valence-electron chi connectivity index (χ3n) is 1.97. The second-order valence-corrected chi connectivity index (χ2v) is 3.44. The Morgan fingerprint density at radius 2 is 1.47 bits per heavy atom. The van der Waals surface area contributed by atoms with Crippen molar-refractivity contribution in [3.8, 4) is 0 Å². The highest BCUT2D eigenvalue weighted by molar-refractivity contribution is 6.04. The van der Waals surface area contributed by atoms with E-state index in [1.165, 1.54) is 19.1 Å². The van der Waals surface area contributed by atoms with Crippen molar-refractivity contribution >= 4 is 11.6 Å². The second kappa shape index (κ2) is 7.12. The Bertz CT molecular complexity index is 465. The first-order valence-corrected chi connectivity index (χ1v) is 5.31. The molecule has 0 saturated carbocycles. The predicted molar refractivity (Wildman–Crippen MR) is 68.9 cm³/mol. The third kappa shape index (κ3) is 5.42. The first kappa shape index (κ1) is 12.8. The highest BCUT2D eigenvalue weighted by atomic mass is 16.1. The molecule has 1 rings (SSSR count). The molecule has 0 bridgehead atoms. The topological polar surface area (TPSA) is 34.1 Å². The van der Waals surface area contributed by atoms with Gasteiger partial charge in [0.15, 0.2) is 11.6 Å². The molecule has 2 heteroatoms. The molecule has 86 valence electrons. The quantitative estimate of drug-likeness (QED) is 0.439. The van der Waals surface area contributed by atoms with E-state index in [0.29, 0.717) is 5.56 Å². The Hall–Kier alpha value is -2.22. The predicted octanol–water partition coefficient (Wildman–Crippen LogP) is 3.13. The number of carbonyl (C=O) groups is 2. The number of rotatable bonds is 5. The van der Waals surface area contributed by atoms with Gasteiger partial charge in [0.05, 0.1) is 0 Å². The molecule has 0 aliphatic carbocycles. The Morgan fingerprint density at radius 1 is 0.882 bits per heavy atom. The van der Waals surface area contributed by atoms with Crippen LogP contribution in [0.25, 0.3) is 0 Å². The Labute approximate surface area is 101 Å². The molecule has 0 aliphatic rings. The van der Waals surface area contributed by atoms with Crippen LogP contribution >= 0.6 is 0 Å². The van der Waals surface area contributed by atoms with Crippen molar-refractivity contribution in [2.45, 2.75) is 6.92 Å². The van der Waals surface area contributed by atoms with Crippen LogP contribution in [-0.2, 0) is 4.79 Å². The lowest BCUT2D eigenvalue weighted by molar-refractivity contribution is -0.112. The third-order valence-corrected chi connectivity index (χ3v) is 1.97. The van der Waals surface area contributed by atoms with Crippen LogP contribution in [0.4, 0.5) is 0 Å². The normalized spacial score (nSPS) is 11.6. The largest absolute Gasteiger partial charge is 0.295 e. The molecule has 0 saturated heterocycles. The van der Waals surface area contributed by atoms with Crippen molar-refractivity contribution in [1.82, 2.24) is 0 Å². The van der Waals surface area contributed by atoms with Gasteiger partial charge in [-0.1, -0.05) is 54.6 Å². The zero-order chi connectivity index (χ0) is 12.5. The Morgan fingerprint density at radius 3 is 2.06 bits per heavy atom. The molecule has 17 heavy (non-hydrogen) atoms. The maximum absolute atomic E-state index is 11.6. The lowest BCUT2D eigenvalue weighted by atomic mass is 10.1. The van der Waals surface area contributed by atoms with E-state index < -0.39 is 0 Å². The van der Waals surface area contributed by atoms with Crippen LogP contribution < -0.4 is 0 Å². The number of hydrogen-bond donors (Lipinski definition) is 0. The lowest BCUT2D eigenvalue weighted by Gasteiger charge is -1.92. The molecular formula is C15H14O2. The standard InChI is InChI=1S/C15H14O2/c1-13(16)9-5-2-3-8-12-15(17)14-10-6-4-7-11-14/h2-12H,1H3/b3-2+,9-5+,12-8+. The van der Waals surface area contributed by atoms with Crippen LogP contribution in [-0.4, -0.2) is 11.6 Å². The molecule has 1 aromatic rings. The summed E-state index contributed by atoms with van der Waals surface area (Å²) in [5, 5.41) is 0.